The van der Waals surface area contributed by atoms with Crippen LogP contribution in [-0.2, 0) is 9.53 Å². The molecule has 1 fully saturated rings. The Kier molecular flexibility index (Phi) is 6.08. The van der Waals surface area contributed by atoms with Gasteiger partial charge in [0.15, 0.2) is 0 Å². The summed E-state index contributed by atoms with van der Waals surface area (Å²) in [4.78, 5) is 24.2. The van der Waals surface area contributed by atoms with E-state index in [-0.39, 0.29) is 24.7 Å². The molecule has 0 heterocycles. The van der Waals surface area contributed by atoms with Crippen molar-refractivity contribution in [2.75, 3.05) is 26.8 Å². The Morgan fingerprint density at radius 1 is 1.32 bits per heavy atom. The Hall–Kier alpha value is -1.30. The average molecular weight is 272 g/mol. The van der Waals surface area contributed by atoms with E-state index < -0.39 is 5.97 Å². The number of aliphatic carboxylic acids is 1. The van der Waals surface area contributed by atoms with Crippen molar-refractivity contribution in [1.29, 1.82) is 0 Å². The molecule has 2 N–H and O–H groups in total. The summed E-state index contributed by atoms with van der Waals surface area (Å²) in [6.45, 7) is 2.34. The first-order valence-corrected chi connectivity index (χ1v) is 6.75. The van der Waals surface area contributed by atoms with Crippen molar-refractivity contribution >= 4 is 12.0 Å². The fourth-order valence-corrected chi connectivity index (χ4v) is 2.41. The summed E-state index contributed by atoms with van der Waals surface area (Å²) in [5.41, 5.74) is -0.209. The zero-order chi connectivity index (χ0) is 14.3. The second kappa shape index (κ2) is 7.33. The molecule has 2 amide bonds. The molecular formula is C13H24N2O4. The van der Waals surface area contributed by atoms with Gasteiger partial charge in [-0.1, -0.05) is 19.3 Å². The number of amides is 2. The molecule has 1 rings (SSSR count). The molecule has 0 radical (unpaired) electrons. The number of carbonyl (C=O) groups excluding carboxylic acids is 1. The van der Waals surface area contributed by atoms with Crippen LogP contribution < -0.4 is 5.32 Å². The highest BCUT2D eigenvalue weighted by Gasteiger charge is 2.30. The zero-order valence-electron chi connectivity index (χ0n) is 11.8. The van der Waals surface area contributed by atoms with E-state index in [9.17, 15) is 9.59 Å². The maximum Gasteiger partial charge on any atom is 0.323 e. The maximum absolute atomic E-state index is 12.2. The number of urea groups is 1. The van der Waals surface area contributed by atoms with E-state index in [1.54, 1.807) is 0 Å². The lowest BCUT2D eigenvalue weighted by molar-refractivity contribution is -0.137. The molecule has 0 atom stereocenters. The fourth-order valence-electron chi connectivity index (χ4n) is 2.41. The molecule has 19 heavy (non-hydrogen) atoms. The average Bonchev–Trinajstić information content (AvgIpc) is 2.34. The van der Waals surface area contributed by atoms with Crippen molar-refractivity contribution in [2.45, 2.75) is 44.6 Å². The van der Waals surface area contributed by atoms with Crippen LogP contribution in [0, 0.1) is 0 Å². The zero-order valence-corrected chi connectivity index (χ0v) is 11.8. The van der Waals surface area contributed by atoms with E-state index in [0.717, 1.165) is 25.7 Å². The second-order valence-electron chi connectivity index (χ2n) is 5.36. The molecule has 6 heteroatoms. The molecule has 1 saturated carbocycles. The number of carboxylic acid groups (broad SMARTS) is 1. The molecule has 0 spiro atoms. The highest BCUT2D eigenvalue weighted by molar-refractivity contribution is 5.80. The summed E-state index contributed by atoms with van der Waals surface area (Å²) in [7, 11) is 1.53. The third kappa shape index (κ3) is 5.46. The number of methoxy groups -OCH3 is 1. The standard InChI is InChI=1S/C13H24N2O4/c1-13(6-4-3-5-7-13)14-12(18)15(8-9-19-2)10-11(16)17/h3-10H2,1-2H3,(H,14,18)(H,16,17). The van der Waals surface area contributed by atoms with Gasteiger partial charge in [0.05, 0.1) is 6.61 Å². The second-order valence-corrected chi connectivity index (χ2v) is 5.36. The fraction of sp³-hybridized carbons (Fsp3) is 0.846. The van der Waals surface area contributed by atoms with Gasteiger partial charge in [-0.05, 0) is 19.8 Å². The topological polar surface area (TPSA) is 78.9 Å². The Bertz CT molecular complexity index is 314. The first-order chi connectivity index (χ1) is 8.97. The van der Waals surface area contributed by atoms with Gasteiger partial charge < -0.3 is 20.1 Å². The van der Waals surface area contributed by atoms with Gasteiger partial charge in [-0.25, -0.2) is 4.79 Å². The van der Waals surface area contributed by atoms with Crippen LogP contribution in [0.25, 0.3) is 0 Å². The molecule has 0 aromatic heterocycles. The predicted octanol–water partition coefficient (Wildman–Crippen LogP) is 1.45. The van der Waals surface area contributed by atoms with Gasteiger partial charge in [-0.3, -0.25) is 4.79 Å². The summed E-state index contributed by atoms with van der Waals surface area (Å²) in [6.07, 6.45) is 5.31. The van der Waals surface area contributed by atoms with Crippen molar-refractivity contribution in [3.8, 4) is 0 Å². The van der Waals surface area contributed by atoms with E-state index in [1.807, 2.05) is 6.92 Å². The van der Waals surface area contributed by atoms with Gasteiger partial charge >= 0.3 is 12.0 Å². The van der Waals surface area contributed by atoms with E-state index >= 15 is 0 Å². The first kappa shape index (κ1) is 15.8. The number of nitrogens with zero attached hydrogens (tertiary/aromatic N) is 1. The normalized spacial score (nSPS) is 17.8. The molecule has 0 unspecified atom stereocenters. The largest absolute Gasteiger partial charge is 0.480 e. The molecular weight excluding hydrogens is 248 g/mol. The highest BCUT2D eigenvalue weighted by atomic mass is 16.5. The van der Waals surface area contributed by atoms with Gasteiger partial charge in [-0.2, -0.15) is 0 Å². The predicted molar refractivity (Wildman–Crippen MR) is 71.1 cm³/mol. The lowest BCUT2D eigenvalue weighted by Gasteiger charge is -2.36. The molecule has 0 aromatic rings. The van der Waals surface area contributed by atoms with E-state index in [2.05, 4.69) is 5.32 Å². The molecule has 110 valence electrons. The molecule has 0 aliphatic heterocycles. The number of nitrogens with one attached hydrogen (secondary N) is 1. The summed E-state index contributed by atoms with van der Waals surface area (Å²) in [5, 5.41) is 11.8. The monoisotopic (exact) mass is 272 g/mol. The SMILES string of the molecule is COCCN(CC(=O)O)C(=O)NC1(C)CCCCC1. The minimum absolute atomic E-state index is 0.209. The van der Waals surface area contributed by atoms with Crippen LogP contribution in [0.1, 0.15) is 39.0 Å². The lowest BCUT2D eigenvalue weighted by atomic mass is 9.83. The summed E-state index contributed by atoms with van der Waals surface area (Å²) < 4.78 is 4.90. The van der Waals surface area contributed by atoms with Crippen LogP contribution in [0.5, 0.6) is 0 Å². The minimum atomic E-state index is -1.01. The van der Waals surface area contributed by atoms with Crippen LogP contribution in [0.3, 0.4) is 0 Å². The highest BCUT2D eigenvalue weighted by Crippen LogP contribution is 2.27. The van der Waals surface area contributed by atoms with Gasteiger partial charge in [0.2, 0.25) is 0 Å². The minimum Gasteiger partial charge on any atom is -0.480 e. The number of hydrogen-bond acceptors (Lipinski definition) is 3. The summed E-state index contributed by atoms with van der Waals surface area (Å²) in [6, 6.07) is -0.316. The van der Waals surface area contributed by atoms with Crippen molar-refractivity contribution in [2.24, 2.45) is 0 Å². The molecule has 0 saturated heterocycles. The Labute approximate surface area is 114 Å². The number of carboxylic acids is 1. The Morgan fingerprint density at radius 2 is 1.95 bits per heavy atom. The van der Waals surface area contributed by atoms with E-state index in [4.69, 9.17) is 9.84 Å². The van der Waals surface area contributed by atoms with Gasteiger partial charge in [0, 0.05) is 19.2 Å². The van der Waals surface area contributed by atoms with Crippen molar-refractivity contribution < 1.29 is 19.4 Å². The van der Waals surface area contributed by atoms with Crippen molar-refractivity contribution in [3.05, 3.63) is 0 Å². The van der Waals surface area contributed by atoms with E-state index in [1.165, 1.54) is 18.4 Å². The van der Waals surface area contributed by atoms with Crippen LogP contribution in [0.2, 0.25) is 0 Å². The molecule has 0 bridgehead atoms. The Morgan fingerprint density at radius 3 is 2.47 bits per heavy atom. The third-order valence-corrected chi connectivity index (χ3v) is 3.54. The summed E-state index contributed by atoms with van der Waals surface area (Å²) in [5.74, 6) is -1.01. The Balaban J connectivity index is 2.56. The van der Waals surface area contributed by atoms with Crippen LogP contribution in [-0.4, -0.2) is 54.4 Å². The molecule has 6 nitrogen and oxygen atoms in total. The van der Waals surface area contributed by atoms with Gasteiger partial charge in [-0.15, -0.1) is 0 Å². The molecule has 0 aromatic carbocycles. The summed E-state index contributed by atoms with van der Waals surface area (Å²) >= 11 is 0. The first-order valence-electron chi connectivity index (χ1n) is 6.75. The number of hydrogen-bond donors (Lipinski definition) is 2. The number of rotatable bonds is 6. The molecule has 1 aliphatic carbocycles. The van der Waals surface area contributed by atoms with Crippen LogP contribution in [0.15, 0.2) is 0 Å². The van der Waals surface area contributed by atoms with Crippen molar-refractivity contribution in [1.82, 2.24) is 10.2 Å². The van der Waals surface area contributed by atoms with Crippen LogP contribution in [0.4, 0.5) is 4.79 Å². The maximum atomic E-state index is 12.2. The van der Waals surface area contributed by atoms with Gasteiger partial charge in [0.1, 0.15) is 6.54 Å². The smallest absolute Gasteiger partial charge is 0.323 e. The lowest BCUT2D eigenvalue weighted by Crippen LogP contribution is -2.54. The quantitative estimate of drug-likeness (QED) is 0.767. The van der Waals surface area contributed by atoms with Crippen molar-refractivity contribution in [3.63, 3.8) is 0 Å². The van der Waals surface area contributed by atoms with Crippen LogP contribution >= 0.6 is 0 Å². The molecule has 1 aliphatic rings. The number of carbonyl (C=O) groups is 2. The van der Waals surface area contributed by atoms with E-state index in [0.29, 0.717) is 6.61 Å². The van der Waals surface area contributed by atoms with Gasteiger partial charge in [0.25, 0.3) is 0 Å². The number of ether oxygens (including phenoxy) is 1. The third-order valence-electron chi connectivity index (χ3n) is 3.54.